The second kappa shape index (κ2) is 4.93. The topological polar surface area (TPSA) is 68.0 Å². The van der Waals surface area contributed by atoms with Gasteiger partial charge in [0.25, 0.3) is 0 Å². The number of carbonyl (C=O) groups is 1. The number of nitrogen functional groups attached to an aromatic ring is 1. The quantitative estimate of drug-likeness (QED) is 0.784. The van der Waals surface area contributed by atoms with Gasteiger partial charge in [0.1, 0.15) is 10.7 Å². The minimum Gasteiger partial charge on any atom is -0.382 e. The number of rotatable bonds is 3. The van der Waals surface area contributed by atoms with Gasteiger partial charge in [-0.05, 0) is 31.8 Å². The minimum absolute atomic E-state index is 0.0167. The number of carbonyl (C=O) groups excluding carboxylic acids is 1. The average Bonchev–Trinajstić information content (AvgIpc) is 2.61. The lowest BCUT2D eigenvalue weighted by atomic mass is 9.97. The molecule has 0 aromatic carbocycles. The molecule has 1 aromatic rings. The lowest BCUT2D eigenvalue weighted by Crippen LogP contribution is -2.30. The standard InChI is InChI=1S/C11H17N3OS/c1-7(15)10-11(12)14-9(16-10)5-8-3-2-4-13-6-8/h8,13H,2-6,12H2,1H3. The van der Waals surface area contributed by atoms with E-state index in [-0.39, 0.29) is 5.78 Å². The fourth-order valence-electron chi connectivity index (χ4n) is 2.06. The Hall–Kier alpha value is -0.940. The summed E-state index contributed by atoms with van der Waals surface area (Å²) >= 11 is 1.45. The Balaban J connectivity index is 2.03. The van der Waals surface area contributed by atoms with Crippen LogP contribution in [0.1, 0.15) is 34.4 Å². The van der Waals surface area contributed by atoms with Crippen LogP contribution >= 0.6 is 11.3 Å². The molecular formula is C11H17N3OS. The van der Waals surface area contributed by atoms with Crippen LogP contribution in [-0.2, 0) is 6.42 Å². The molecule has 1 aromatic heterocycles. The molecular weight excluding hydrogens is 222 g/mol. The molecule has 1 unspecified atom stereocenters. The van der Waals surface area contributed by atoms with E-state index in [1.165, 1.54) is 31.1 Å². The first-order chi connectivity index (χ1) is 7.66. The predicted octanol–water partition coefficient (Wildman–Crippen LogP) is 1.47. The van der Waals surface area contributed by atoms with Crippen molar-refractivity contribution in [2.75, 3.05) is 18.8 Å². The SMILES string of the molecule is CC(=O)c1sc(CC2CCCNC2)nc1N. The Kier molecular flexibility index (Phi) is 3.56. The van der Waals surface area contributed by atoms with Crippen molar-refractivity contribution in [3.8, 4) is 0 Å². The van der Waals surface area contributed by atoms with Gasteiger partial charge >= 0.3 is 0 Å². The number of aromatic nitrogens is 1. The summed E-state index contributed by atoms with van der Waals surface area (Å²) in [7, 11) is 0. The second-order valence-electron chi connectivity index (χ2n) is 4.29. The largest absolute Gasteiger partial charge is 0.382 e. The van der Waals surface area contributed by atoms with Crippen molar-refractivity contribution in [1.82, 2.24) is 10.3 Å². The van der Waals surface area contributed by atoms with Gasteiger partial charge in [-0.15, -0.1) is 11.3 Å². The van der Waals surface area contributed by atoms with E-state index in [1.807, 2.05) is 0 Å². The summed E-state index contributed by atoms with van der Waals surface area (Å²) in [5.41, 5.74) is 5.71. The molecule has 0 spiro atoms. The number of nitrogens with two attached hydrogens (primary N) is 1. The smallest absolute Gasteiger partial charge is 0.173 e. The van der Waals surface area contributed by atoms with Gasteiger partial charge in [0.15, 0.2) is 5.78 Å². The highest BCUT2D eigenvalue weighted by Gasteiger charge is 2.18. The van der Waals surface area contributed by atoms with Crippen LogP contribution in [0.15, 0.2) is 0 Å². The van der Waals surface area contributed by atoms with Gasteiger partial charge in [-0.2, -0.15) is 0 Å². The zero-order valence-electron chi connectivity index (χ0n) is 9.45. The molecule has 88 valence electrons. The molecule has 0 bridgehead atoms. The van der Waals surface area contributed by atoms with Crippen molar-refractivity contribution >= 4 is 22.9 Å². The lowest BCUT2D eigenvalue weighted by Gasteiger charge is -2.21. The Morgan fingerprint density at radius 1 is 1.69 bits per heavy atom. The highest BCUT2D eigenvalue weighted by atomic mass is 32.1. The van der Waals surface area contributed by atoms with Crippen molar-refractivity contribution in [1.29, 1.82) is 0 Å². The van der Waals surface area contributed by atoms with Crippen molar-refractivity contribution in [2.24, 2.45) is 5.92 Å². The van der Waals surface area contributed by atoms with E-state index in [0.717, 1.165) is 24.5 Å². The van der Waals surface area contributed by atoms with Crippen molar-refractivity contribution < 1.29 is 4.79 Å². The summed E-state index contributed by atoms with van der Waals surface area (Å²) in [6.07, 6.45) is 3.40. The third-order valence-electron chi connectivity index (χ3n) is 2.88. The molecule has 0 aliphatic carbocycles. The van der Waals surface area contributed by atoms with Gasteiger partial charge in [0.2, 0.25) is 0 Å². The summed E-state index contributed by atoms with van der Waals surface area (Å²) in [6.45, 7) is 3.71. The predicted molar refractivity (Wildman–Crippen MR) is 65.8 cm³/mol. The van der Waals surface area contributed by atoms with Crippen molar-refractivity contribution in [3.63, 3.8) is 0 Å². The first kappa shape index (κ1) is 11.5. The zero-order valence-corrected chi connectivity index (χ0v) is 10.3. The van der Waals surface area contributed by atoms with Crippen LogP contribution in [0.25, 0.3) is 0 Å². The zero-order chi connectivity index (χ0) is 11.5. The summed E-state index contributed by atoms with van der Waals surface area (Å²) < 4.78 is 0. The molecule has 2 rings (SSSR count). The monoisotopic (exact) mass is 239 g/mol. The molecule has 2 heterocycles. The second-order valence-corrected chi connectivity index (χ2v) is 5.38. The Morgan fingerprint density at radius 2 is 2.50 bits per heavy atom. The van der Waals surface area contributed by atoms with Crippen molar-refractivity contribution in [2.45, 2.75) is 26.2 Å². The third-order valence-corrected chi connectivity index (χ3v) is 4.07. The molecule has 4 nitrogen and oxygen atoms in total. The first-order valence-corrected chi connectivity index (χ1v) is 6.45. The number of hydrogen-bond donors (Lipinski definition) is 2. The van der Waals surface area contributed by atoms with E-state index in [1.54, 1.807) is 0 Å². The maximum atomic E-state index is 11.2. The Labute approximate surface area is 99.3 Å². The molecule has 16 heavy (non-hydrogen) atoms. The van der Waals surface area contributed by atoms with Crippen LogP contribution < -0.4 is 11.1 Å². The maximum absolute atomic E-state index is 11.2. The van der Waals surface area contributed by atoms with E-state index in [9.17, 15) is 4.79 Å². The molecule has 0 saturated carbocycles. The molecule has 1 atom stereocenters. The first-order valence-electron chi connectivity index (χ1n) is 5.63. The molecule has 1 aliphatic heterocycles. The van der Waals surface area contributed by atoms with Gasteiger partial charge in [0, 0.05) is 13.3 Å². The van der Waals surface area contributed by atoms with E-state index < -0.39 is 0 Å². The van der Waals surface area contributed by atoms with Gasteiger partial charge in [0.05, 0.1) is 5.01 Å². The van der Waals surface area contributed by atoms with E-state index in [2.05, 4.69) is 10.3 Å². The summed E-state index contributed by atoms with van der Waals surface area (Å²) in [4.78, 5) is 16.1. The lowest BCUT2D eigenvalue weighted by molar-refractivity contribution is 0.102. The van der Waals surface area contributed by atoms with Crippen LogP contribution in [0.3, 0.4) is 0 Å². The number of hydrogen-bond acceptors (Lipinski definition) is 5. The van der Waals surface area contributed by atoms with Gasteiger partial charge in [-0.3, -0.25) is 4.79 Å². The Morgan fingerprint density at radius 3 is 3.06 bits per heavy atom. The van der Waals surface area contributed by atoms with E-state index in [0.29, 0.717) is 16.6 Å². The number of anilines is 1. The molecule has 1 fully saturated rings. The molecule has 5 heteroatoms. The highest BCUT2D eigenvalue weighted by molar-refractivity contribution is 7.14. The number of nitrogens with zero attached hydrogens (tertiary/aromatic N) is 1. The number of nitrogens with one attached hydrogen (secondary N) is 1. The fraction of sp³-hybridized carbons (Fsp3) is 0.636. The van der Waals surface area contributed by atoms with Crippen LogP contribution in [0.2, 0.25) is 0 Å². The summed E-state index contributed by atoms with van der Waals surface area (Å²) in [5, 5.41) is 4.37. The Bertz CT molecular complexity index is 383. The van der Waals surface area contributed by atoms with Crippen molar-refractivity contribution in [3.05, 3.63) is 9.88 Å². The molecule has 3 N–H and O–H groups in total. The number of piperidine rings is 1. The van der Waals surface area contributed by atoms with E-state index >= 15 is 0 Å². The highest BCUT2D eigenvalue weighted by Crippen LogP contribution is 2.25. The third kappa shape index (κ3) is 2.59. The molecule has 1 aliphatic rings. The maximum Gasteiger partial charge on any atom is 0.173 e. The van der Waals surface area contributed by atoms with Crippen LogP contribution in [-0.4, -0.2) is 23.9 Å². The molecule has 0 radical (unpaired) electrons. The van der Waals surface area contributed by atoms with E-state index in [4.69, 9.17) is 5.73 Å². The van der Waals surface area contributed by atoms with Gasteiger partial charge < -0.3 is 11.1 Å². The average molecular weight is 239 g/mol. The minimum atomic E-state index is 0.0167. The van der Waals surface area contributed by atoms with Crippen LogP contribution in [0, 0.1) is 5.92 Å². The summed E-state index contributed by atoms with van der Waals surface area (Å²) in [6, 6.07) is 0. The normalized spacial score (nSPS) is 20.9. The molecule has 1 saturated heterocycles. The fourth-order valence-corrected chi connectivity index (χ4v) is 3.06. The molecule has 0 amide bonds. The van der Waals surface area contributed by atoms with Gasteiger partial charge in [-0.1, -0.05) is 0 Å². The summed E-state index contributed by atoms with van der Waals surface area (Å²) in [5.74, 6) is 1.05. The number of thiazole rings is 1. The van der Waals surface area contributed by atoms with Gasteiger partial charge in [-0.25, -0.2) is 4.98 Å². The number of Topliss-reactive ketones (excluding diaryl/α,β-unsaturated/α-hetero) is 1. The van der Waals surface area contributed by atoms with Crippen LogP contribution in [0.4, 0.5) is 5.82 Å². The number of ketones is 1. The van der Waals surface area contributed by atoms with Crippen LogP contribution in [0.5, 0.6) is 0 Å².